The number of nitrogens with one attached hydrogen (secondary N) is 2. The molecule has 142 valence electrons. The van der Waals surface area contributed by atoms with E-state index in [1.54, 1.807) is 19.2 Å². The van der Waals surface area contributed by atoms with Crippen LogP contribution in [0.5, 0.6) is 5.75 Å². The third-order valence-electron chi connectivity index (χ3n) is 5.51. The fourth-order valence-electron chi connectivity index (χ4n) is 4.13. The number of carbonyl (C=O) groups excluding carboxylic acids is 1. The number of rotatable bonds is 5. The predicted molar refractivity (Wildman–Crippen MR) is 104 cm³/mol. The lowest BCUT2D eigenvalue weighted by molar-refractivity contribution is 0.0954. The highest BCUT2D eigenvalue weighted by molar-refractivity contribution is 5.94. The van der Waals surface area contributed by atoms with Gasteiger partial charge < -0.3 is 20.3 Å². The second-order valence-electron chi connectivity index (χ2n) is 7.17. The Hall–Kier alpha value is -2.24. The van der Waals surface area contributed by atoms with Gasteiger partial charge in [-0.3, -0.25) is 9.79 Å². The Balaban J connectivity index is 1.42. The maximum atomic E-state index is 12.2. The van der Waals surface area contributed by atoms with Crippen LogP contribution >= 0.6 is 0 Å². The summed E-state index contributed by atoms with van der Waals surface area (Å²) in [6.07, 6.45) is 5.46. The maximum Gasteiger partial charge on any atom is 0.251 e. The molecule has 0 radical (unpaired) electrons. The Bertz CT molecular complexity index is 632. The lowest BCUT2D eigenvalue weighted by Gasteiger charge is -2.22. The Morgan fingerprint density at radius 3 is 2.54 bits per heavy atom. The topological polar surface area (TPSA) is 66.0 Å². The number of aliphatic imine (C=N–C) groups is 1. The number of ether oxygens (including phenoxy) is 1. The number of guanidine groups is 1. The van der Waals surface area contributed by atoms with Crippen molar-refractivity contribution in [1.82, 2.24) is 15.5 Å². The van der Waals surface area contributed by atoms with Gasteiger partial charge in [-0.2, -0.15) is 0 Å². The standard InChI is InChI=1S/C20H30N4O2/c1-21-20(24-13-16-6-3-4-7-17(16)14-24)23-11-10-22-19(25)15-8-5-9-18(12-15)26-2/h5,8-9,12,16-17H,3-4,6-7,10-11,13-14H2,1-2H3,(H,21,23)(H,22,25). The van der Waals surface area contributed by atoms with Gasteiger partial charge in [0.25, 0.3) is 5.91 Å². The van der Waals surface area contributed by atoms with Crippen molar-refractivity contribution >= 4 is 11.9 Å². The summed E-state index contributed by atoms with van der Waals surface area (Å²) in [6, 6.07) is 7.18. The molecular formula is C20H30N4O2. The van der Waals surface area contributed by atoms with Gasteiger partial charge in [0, 0.05) is 38.8 Å². The van der Waals surface area contributed by atoms with Crippen LogP contribution in [0, 0.1) is 11.8 Å². The first kappa shape index (κ1) is 18.5. The van der Waals surface area contributed by atoms with Gasteiger partial charge in [0.1, 0.15) is 5.75 Å². The molecule has 1 amide bonds. The summed E-state index contributed by atoms with van der Waals surface area (Å²) in [7, 11) is 3.43. The molecule has 26 heavy (non-hydrogen) atoms. The number of carbonyl (C=O) groups is 1. The zero-order valence-corrected chi connectivity index (χ0v) is 15.8. The van der Waals surface area contributed by atoms with Crippen molar-refractivity contribution in [3.8, 4) is 5.75 Å². The molecule has 1 aliphatic carbocycles. The molecule has 3 rings (SSSR count). The molecule has 6 heteroatoms. The summed E-state index contributed by atoms with van der Waals surface area (Å²) in [5, 5.41) is 6.33. The Labute approximate surface area is 156 Å². The third-order valence-corrected chi connectivity index (χ3v) is 5.51. The van der Waals surface area contributed by atoms with E-state index in [0.717, 1.165) is 30.9 Å². The van der Waals surface area contributed by atoms with Gasteiger partial charge in [-0.1, -0.05) is 18.9 Å². The minimum atomic E-state index is -0.0899. The van der Waals surface area contributed by atoms with Gasteiger partial charge in [-0.15, -0.1) is 0 Å². The van der Waals surface area contributed by atoms with Crippen LogP contribution in [0.2, 0.25) is 0 Å². The van der Waals surface area contributed by atoms with Crippen LogP contribution in [-0.4, -0.2) is 57.1 Å². The third kappa shape index (κ3) is 4.48. The van der Waals surface area contributed by atoms with Gasteiger partial charge in [-0.25, -0.2) is 0 Å². The lowest BCUT2D eigenvalue weighted by Crippen LogP contribution is -2.43. The van der Waals surface area contributed by atoms with Gasteiger partial charge >= 0.3 is 0 Å². The van der Waals surface area contributed by atoms with Gasteiger partial charge in [0.2, 0.25) is 0 Å². The van der Waals surface area contributed by atoms with Crippen molar-refractivity contribution in [3.05, 3.63) is 29.8 Å². The molecule has 2 aliphatic rings. The van der Waals surface area contributed by atoms with E-state index in [1.165, 1.54) is 25.7 Å². The Kier molecular flexibility index (Phi) is 6.36. The average molecular weight is 358 g/mol. The normalized spacial score (nSPS) is 22.7. The van der Waals surface area contributed by atoms with Crippen molar-refractivity contribution in [2.75, 3.05) is 40.3 Å². The largest absolute Gasteiger partial charge is 0.497 e. The quantitative estimate of drug-likeness (QED) is 0.481. The van der Waals surface area contributed by atoms with Crippen molar-refractivity contribution in [3.63, 3.8) is 0 Å². The lowest BCUT2D eigenvalue weighted by atomic mass is 9.82. The molecule has 2 unspecified atom stereocenters. The first-order valence-corrected chi connectivity index (χ1v) is 9.59. The molecule has 1 saturated heterocycles. The summed E-state index contributed by atoms with van der Waals surface area (Å²) in [5.41, 5.74) is 0.609. The van der Waals surface area contributed by atoms with Gasteiger partial charge in [0.05, 0.1) is 7.11 Å². The van der Waals surface area contributed by atoms with Crippen LogP contribution in [0.25, 0.3) is 0 Å². The molecule has 1 heterocycles. The first-order chi connectivity index (χ1) is 12.7. The second kappa shape index (κ2) is 8.92. The monoisotopic (exact) mass is 358 g/mol. The number of methoxy groups -OCH3 is 1. The predicted octanol–water partition coefficient (Wildman–Crippen LogP) is 2.12. The molecule has 2 fully saturated rings. The highest BCUT2D eigenvalue weighted by Crippen LogP contribution is 2.35. The van der Waals surface area contributed by atoms with E-state index in [2.05, 4.69) is 20.5 Å². The van der Waals surface area contributed by atoms with Crippen LogP contribution in [0.4, 0.5) is 0 Å². The minimum Gasteiger partial charge on any atom is -0.497 e. The minimum absolute atomic E-state index is 0.0899. The van der Waals surface area contributed by atoms with E-state index in [0.29, 0.717) is 24.4 Å². The molecule has 1 aromatic rings. The Morgan fingerprint density at radius 1 is 1.19 bits per heavy atom. The van der Waals surface area contributed by atoms with Crippen molar-refractivity contribution in [2.24, 2.45) is 16.8 Å². The van der Waals surface area contributed by atoms with Crippen molar-refractivity contribution < 1.29 is 9.53 Å². The molecule has 2 N–H and O–H groups in total. The fraction of sp³-hybridized carbons (Fsp3) is 0.600. The van der Waals surface area contributed by atoms with Crippen LogP contribution < -0.4 is 15.4 Å². The summed E-state index contributed by atoms with van der Waals surface area (Å²) in [5.74, 6) is 3.21. The first-order valence-electron chi connectivity index (χ1n) is 9.59. The molecule has 2 atom stereocenters. The summed E-state index contributed by atoms with van der Waals surface area (Å²) in [4.78, 5) is 19.0. The second-order valence-corrected chi connectivity index (χ2v) is 7.17. The number of hydrogen-bond acceptors (Lipinski definition) is 3. The van der Waals surface area contributed by atoms with Crippen LogP contribution in [-0.2, 0) is 0 Å². The summed E-state index contributed by atoms with van der Waals surface area (Å²) >= 11 is 0. The Morgan fingerprint density at radius 2 is 1.88 bits per heavy atom. The van der Waals surface area contributed by atoms with Crippen molar-refractivity contribution in [1.29, 1.82) is 0 Å². The van der Waals surface area contributed by atoms with E-state index in [1.807, 2.05) is 19.2 Å². The van der Waals surface area contributed by atoms with Crippen LogP contribution in [0.15, 0.2) is 29.3 Å². The summed E-state index contributed by atoms with van der Waals surface area (Å²) < 4.78 is 5.16. The number of nitrogens with zero attached hydrogens (tertiary/aromatic N) is 2. The van der Waals surface area contributed by atoms with E-state index in [4.69, 9.17) is 4.74 Å². The molecule has 6 nitrogen and oxygen atoms in total. The highest BCUT2D eigenvalue weighted by atomic mass is 16.5. The smallest absolute Gasteiger partial charge is 0.251 e. The summed E-state index contributed by atoms with van der Waals surface area (Å²) in [6.45, 7) is 3.44. The van der Waals surface area contributed by atoms with Gasteiger partial charge in [0.15, 0.2) is 5.96 Å². The molecule has 1 saturated carbocycles. The zero-order valence-electron chi connectivity index (χ0n) is 15.8. The fourth-order valence-corrected chi connectivity index (χ4v) is 4.13. The molecule has 0 spiro atoms. The van der Waals surface area contributed by atoms with E-state index in [9.17, 15) is 4.79 Å². The number of hydrogen-bond donors (Lipinski definition) is 2. The molecule has 0 aromatic heterocycles. The molecule has 1 aromatic carbocycles. The average Bonchev–Trinajstić information content (AvgIpc) is 3.11. The van der Waals surface area contributed by atoms with E-state index < -0.39 is 0 Å². The van der Waals surface area contributed by atoms with Crippen LogP contribution in [0.1, 0.15) is 36.0 Å². The SMILES string of the molecule is CN=C(NCCNC(=O)c1cccc(OC)c1)N1CC2CCCCC2C1. The molecular weight excluding hydrogens is 328 g/mol. The number of fused-ring (bicyclic) bond motifs is 1. The zero-order chi connectivity index (χ0) is 18.4. The highest BCUT2D eigenvalue weighted by Gasteiger charge is 2.35. The number of amides is 1. The maximum absolute atomic E-state index is 12.2. The number of likely N-dealkylation sites (tertiary alicyclic amines) is 1. The van der Waals surface area contributed by atoms with Crippen LogP contribution in [0.3, 0.4) is 0 Å². The van der Waals surface area contributed by atoms with Gasteiger partial charge in [-0.05, 0) is 42.9 Å². The molecule has 1 aliphatic heterocycles. The van der Waals surface area contributed by atoms with Crippen molar-refractivity contribution in [2.45, 2.75) is 25.7 Å². The van der Waals surface area contributed by atoms with E-state index in [-0.39, 0.29) is 5.91 Å². The van der Waals surface area contributed by atoms with E-state index >= 15 is 0 Å². The number of benzene rings is 1. The molecule has 0 bridgehead atoms.